The highest BCUT2D eigenvalue weighted by molar-refractivity contribution is 7.18. The first kappa shape index (κ1) is 17.8. The molecule has 1 N–H and O–H groups in total. The highest BCUT2D eigenvalue weighted by Crippen LogP contribution is 2.39. The molecule has 0 aliphatic carbocycles. The second-order valence-electron chi connectivity index (χ2n) is 6.51. The van der Waals surface area contributed by atoms with Crippen LogP contribution in [0.25, 0.3) is 11.1 Å². The zero-order valence-electron chi connectivity index (χ0n) is 15.2. The molecule has 0 saturated carbocycles. The van der Waals surface area contributed by atoms with Crippen LogP contribution < -0.4 is 10.2 Å². The quantitative estimate of drug-likeness (QED) is 0.713. The molecule has 0 bridgehead atoms. The highest BCUT2D eigenvalue weighted by atomic mass is 32.1. The van der Waals surface area contributed by atoms with Crippen molar-refractivity contribution < 1.29 is 13.9 Å². The molecule has 0 spiro atoms. The van der Waals surface area contributed by atoms with Crippen molar-refractivity contribution in [2.75, 3.05) is 31.2 Å². The molecule has 1 aliphatic rings. The van der Waals surface area contributed by atoms with Crippen LogP contribution in [0.5, 0.6) is 0 Å². The smallest absolute Gasteiger partial charge is 0.262 e. The minimum absolute atomic E-state index is 0.0828. The first-order chi connectivity index (χ1) is 13.2. The molecular weight excluding hydrogens is 360 g/mol. The molecule has 1 saturated heterocycles. The fourth-order valence-corrected chi connectivity index (χ4v) is 4.33. The van der Waals surface area contributed by atoms with E-state index in [1.165, 1.54) is 11.3 Å². The topological polar surface area (TPSA) is 54.7 Å². The lowest BCUT2D eigenvalue weighted by atomic mass is 10.1. The monoisotopic (exact) mass is 382 g/mol. The summed E-state index contributed by atoms with van der Waals surface area (Å²) < 4.78 is 10.9. The van der Waals surface area contributed by atoms with E-state index in [0.29, 0.717) is 18.1 Å². The van der Waals surface area contributed by atoms with Crippen LogP contribution in [0.15, 0.2) is 59.2 Å². The van der Waals surface area contributed by atoms with Crippen LogP contribution in [0.1, 0.15) is 28.4 Å². The summed E-state index contributed by atoms with van der Waals surface area (Å²) in [5.74, 6) is 0.664. The van der Waals surface area contributed by atoms with Gasteiger partial charge >= 0.3 is 0 Å². The average molecular weight is 382 g/mol. The first-order valence-electron chi connectivity index (χ1n) is 9.08. The van der Waals surface area contributed by atoms with E-state index < -0.39 is 0 Å². The number of benzene rings is 1. The summed E-state index contributed by atoms with van der Waals surface area (Å²) in [4.78, 5) is 15.9. The van der Waals surface area contributed by atoms with Crippen LogP contribution in [-0.2, 0) is 4.74 Å². The van der Waals surface area contributed by atoms with Gasteiger partial charge in [-0.05, 0) is 30.7 Å². The van der Waals surface area contributed by atoms with Gasteiger partial charge in [0.1, 0.15) is 5.76 Å². The van der Waals surface area contributed by atoms with Crippen molar-refractivity contribution in [2.45, 2.75) is 13.0 Å². The van der Waals surface area contributed by atoms with E-state index in [-0.39, 0.29) is 11.9 Å². The summed E-state index contributed by atoms with van der Waals surface area (Å²) in [6.45, 7) is 5.02. The molecule has 1 fully saturated rings. The average Bonchev–Trinajstić information content (AvgIpc) is 3.40. The lowest BCUT2D eigenvalue weighted by Crippen LogP contribution is -2.35. The third kappa shape index (κ3) is 3.91. The largest absolute Gasteiger partial charge is 0.467 e. The number of anilines is 1. The Bertz CT molecular complexity index is 884. The van der Waals surface area contributed by atoms with E-state index in [1.807, 2.05) is 43.3 Å². The Morgan fingerprint density at radius 2 is 1.93 bits per heavy atom. The maximum Gasteiger partial charge on any atom is 0.262 e. The summed E-state index contributed by atoms with van der Waals surface area (Å²) in [5.41, 5.74) is 2.21. The molecule has 1 amide bonds. The van der Waals surface area contributed by atoms with Crippen LogP contribution in [0, 0.1) is 0 Å². The summed E-state index contributed by atoms with van der Waals surface area (Å²) in [5, 5.41) is 4.15. The van der Waals surface area contributed by atoms with Crippen molar-refractivity contribution >= 4 is 22.2 Å². The number of carbonyl (C=O) groups is 1. The van der Waals surface area contributed by atoms with Gasteiger partial charge in [-0.3, -0.25) is 4.79 Å². The van der Waals surface area contributed by atoms with E-state index in [9.17, 15) is 4.79 Å². The fourth-order valence-electron chi connectivity index (χ4n) is 3.20. The van der Waals surface area contributed by atoms with Gasteiger partial charge in [0.25, 0.3) is 5.91 Å². The van der Waals surface area contributed by atoms with Gasteiger partial charge in [0, 0.05) is 18.7 Å². The summed E-state index contributed by atoms with van der Waals surface area (Å²) in [6, 6.07) is 15.7. The minimum Gasteiger partial charge on any atom is -0.467 e. The number of amides is 1. The predicted octanol–water partition coefficient (Wildman–Crippen LogP) is 4.34. The molecule has 1 atom stereocenters. The van der Waals surface area contributed by atoms with Gasteiger partial charge in [-0.1, -0.05) is 30.3 Å². The number of carbonyl (C=O) groups excluding carboxylic acids is 1. The molecule has 1 aliphatic heterocycles. The van der Waals surface area contributed by atoms with Crippen molar-refractivity contribution in [1.82, 2.24) is 5.32 Å². The predicted molar refractivity (Wildman–Crippen MR) is 107 cm³/mol. The number of thiophene rings is 1. The molecular formula is C21H22N2O3S. The number of rotatable bonds is 5. The lowest BCUT2D eigenvalue weighted by molar-refractivity contribution is 0.0939. The SMILES string of the molecule is C[C@H](NC(=O)c1cc(-c2ccccc2)c(N2CCOCC2)s1)c1ccco1. The van der Waals surface area contributed by atoms with Crippen LogP contribution in [-0.4, -0.2) is 32.2 Å². The number of furan rings is 1. The molecule has 0 unspecified atom stereocenters. The molecule has 3 aromatic rings. The van der Waals surface area contributed by atoms with Gasteiger partial charge in [0.15, 0.2) is 0 Å². The van der Waals surface area contributed by atoms with E-state index in [4.69, 9.17) is 9.15 Å². The van der Waals surface area contributed by atoms with E-state index in [0.717, 1.165) is 35.0 Å². The Balaban J connectivity index is 1.63. The Morgan fingerprint density at radius 1 is 1.15 bits per heavy atom. The van der Waals surface area contributed by atoms with Gasteiger partial charge in [-0.25, -0.2) is 0 Å². The molecule has 27 heavy (non-hydrogen) atoms. The Hall–Kier alpha value is -2.57. The lowest BCUT2D eigenvalue weighted by Gasteiger charge is -2.28. The van der Waals surface area contributed by atoms with Crippen LogP contribution >= 0.6 is 11.3 Å². The second-order valence-corrected chi connectivity index (χ2v) is 7.54. The highest BCUT2D eigenvalue weighted by Gasteiger charge is 2.23. The van der Waals surface area contributed by atoms with Crippen LogP contribution in [0.4, 0.5) is 5.00 Å². The zero-order valence-corrected chi connectivity index (χ0v) is 16.0. The number of morpholine rings is 1. The van der Waals surface area contributed by atoms with Crippen molar-refractivity contribution in [3.05, 3.63) is 65.4 Å². The number of ether oxygens (including phenoxy) is 1. The third-order valence-electron chi connectivity index (χ3n) is 4.64. The minimum atomic E-state index is -0.179. The number of hydrogen-bond donors (Lipinski definition) is 1. The Morgan fingerprint density at radius 3 is 2.63 bits per heavy atom. The summed E-state index contributed by atoms with van der Waals surface area (Å²) in [7, 11) is 0. The molecule has 5 nitrogen and oxygen atoms in total. The fraction of sp³-hybridized carbons (Fsp3) is 0.286. The van der Waals surface area contributed by atoms with E-state index >= 15 is 0 Å². The number of nitrogens with one attached hydrogen (secondary N) is 1. The maximum absolute atomic E-state index is 12.8. The Kier molecular flexibility index (Phi) is 5.27. The summed E-state index contributed by atoms with van der Waals surface area (Å²) >= 11 is 1.54. The molecule has 3 heterocycles. The molecule has 0 radical (unpaired) electrons. The molecule has 4 rings (SSSR count). The van der Waals surface area contributed by atoms with Gasteiger partial charge in [-0.2, -0.15) is 0 Å². The van der Waals surface area contributed by atoms with E-state index in [1.54, 1.807) is 6.26 Å². The summed E-state index contributed by atoms with van der Waals surface area (Å²) in [6.07, 6.45) is 1.62. The van der Waals surface area contributed by atoms with Crippen molar-refractivity contribution in [3.63, 3.8) is 0 Å². The van der Waals surface area contributed by atoms with Gasteiger partial charge in [0.05, 0.1) is 35.4 Å². The third-order valence-corrected chi connectivity index (χ3v) is 5.83. The first-order valence-corrected chi connectivity index (χ1v) is 9.90. The van der Waals surface area contributed by atoms with Gasteiger partial charge < -0.3 is 19.4 Å². The molecule has 2 aromatic heterocycles. The van der Waals surface area contributed by atoms with Gasteiger partial charge in [0.2, 0.25) is 0 Å². The standard InChI is InChI=1S/C21H22N2O3S/c1-15(18-8-5-11-26-18)22-20(24)19-14-17(16-6-3-2-4-7-16)21(27-19)23-9-12-25-13-10-23/h2-8,11,14-15H,9-10,12-13H2,1H3,(H,22,24)/t15-/m0/s1. The number of nitrogens with zero attached hydrogens (tertiary/aromatic N) is 1. The molecule has 140 valence electrons. The van der Waals surface area contributed by atoms with Crippen molar-refractivity contribution in [1.29, 1.82) is 0 Å². The molecule has 1 aromatic carbocycles. The van der Waals surface area contributed by atoms with Crippen molar-refractivity contribution in [2.24, 2.45) is 0 Å². The second kappa shape index (κ2) is 7.98. The van der Waals surface area contributed by atoms with Crippen molar-refractivity contribution in [3.8, 4) is 11.1 Å². The van der Waals surface area contributed by atoms with Crippen LogP contribution in [0.3, 0.4) is 0 Å². The zero-order chi connectivity index (χ0) is 18.6. The van der Waals surface area contributed by atoms with Gasteiger partial charge in [-0.15, -0.1) is 11.3 Å². The number of hydrogen-bond acceptors (Lipinski definition) is 5. The molecule has 6 heteroatoms. The normalized spacial score (nSPS) is 15.5. The maximum atomic E-state index is 12.8. The van der Waals surface area contributed by atoms with E-state index in [2.05, 4.69) is 22.3 Å². The van der Waals surface area contributed by atoms with Crippen LogP contribution in [0.2, 0.25) is 0 Å². The Labute approximate surface area is 162 Å².